The van der Waals surface area contributed by atoms with Crippen LogP contribution in [-0.2, 0) is 14.3 Å². The third kappa shape index (κ3) is 3.29. The molecule has 0 saturated heterocycles. The molecule has 3 fully saturated rings. The maximum atomic E-state index is 12.8. The zero-order valence-electron chi connectivity index (χ0n) is 16.8. The minimum atomic E-state index is -1.37. The van der Waals surface area contributed by atoms with Crippen LogP contribution in [0, 0.1) is 35.0 Å². The Kier molecular flexibility index (Phi) is 5.15. The van der Waals surface area contributed by atoms with Crippen LogP contribution in [0.2, 0.25) is 0 Å². The molecule has 0 aromatic heterocycles. The molecule has 0 heterocycles. The van der Waals surface area contributed by atoms with E-state index in [2.05, 4.69) is 20.4 Å². The van der Waals surface area contributed by atoms with Crippen LogP contribution in [0.1, 0.15) is 47.0 Å². The maximum absolute atomic E-state index is 12.8. The molecule has 5 nitrogen and oxygen atoms in total. The average Bonchev–Trinajstić information content (AvgIpc) is 3.03. The van der Waals surface area contributed by atoms with E-state index in [0.717, 1.165) is 6.42 Å². The van der Waals surface area contributed by atoms with Crippen LogP contribution in [0.15, 0.2) is 24.3 Å². The van der Waals surface area contributed by atoms with Gasteiger partial charge in [0.15, 0.2) is 0 Å². The van der Waals surface area contributed by atoms with Crippen molar-refractivity contribution in [1.82, 2.24) is 0 Å². The summed E-state index contributed by atoms with van der Waals surface area (Å²) in [5.74, 6) is 1.75. The molecule has 3 aliphatic carbocycles. The zero-order valence-corrected chi connectivity index (χ0v) is 16.8. The number of carbonyl (C=O) groups excluding carboxylic acids is 2. The van der Waals surface area contributed by atoms with E-state index in [4.69, 9.17) is 4.74 Å². The van der Waals surface area contributed by atoms with Crippen molar-refractivity contribution in [1.29, 1.82) is 0 Å². The van der Waals surface area contributed by atoms with E-state index in [1.807, 2.05) is 0 Å². The fourth-order valence-electron chi connectivity index (χ4n) is 5.98. The van der Waals surface area contributed by atoms with Gasteiger partial charge < -0.3 is 14.9 Å². The summed E-state index contributed by atoms with van der Waals surface area (Å²) < 4.78 is 4.84. The monoisotopic (exact) mass is 376 g/mol. The number of hydrogen-bond donors (Lipinski definition) is 2. The van der Waals surface area contributed by atoms with Crippen LogP contribution >= 0.6 is 0 Å². The van der Waals surface area contributed by atoms with Crippen LogP contribution < -0.4 is 0 Å². The van der Waals surface area contributed by atoms with Crippen molar-refractivity contribution in [3.05, 3.63) is 24.3 Å². The highest BCUT2D eigenvalue weighted by Gasteiger charge is 2.71. The molecule has 0 spiro atoms. The number of Topliss-reactive ketones (excluding diaryl/α,β-unsaturated/α-hetero) is 1. The molecule has 3 aliphatic rings. The van der Waals surface area contributed by atoms with Gasteiger partial charge in [-0.2, -0.15) is 0 Å². The zero-order chi connectivity index (χ0) is 20.1. The van der Waals surface area contributed by atoms with E-state index in [0.29, 0.717) is 35.5 Å². The van der Waals surface area contributed by atoms with Gasteiger partial charge in [0.05, 0.1) is 6.10 Å². The summed E-state index contributed by atoms with van der Waals surface area (Å²) in [4.78, 5) is 23.7. The molecule has 5 heteroatoms. The minimum Gasteiger partial charge on any atom is -0.462 e. The third-order valence-corrected chi connectivity index (χ3v) is 7.43. The Labute approximate surface area is 161 Å². The predicted octanol–water partition coefficient (Wildman–Crippen LogP) is 2.66. The fourth-order valence-corrected chi connectivity index (χ4v) is 5.98. The highest BCUT2D eigenvalue weighted by molar-refractivity contribution is 5.90. The number of ketones is 1. The summed E-state index contributed by atoms with van der Waals surface area (Å²) in [6.45, 7) is 11.1. The Morgan fingerprint density at radius 1 is 1.48 bits per heavy atom. The number of esters is 1. The smallest absolute Gasteiger partial charge is 0.302 e. The standard InChI is InChI=1S/C22H32O5/c1-12-6-7-16-19(12)20-15(10-18(25)22(16,20)5)13(2)17(24)8-9-21(4,26)11-27-14(3)23/h8-9,12,15-17,19-20,24,26H,2,6-7,10-11H2,1,3-5H3/b9-8+/t12-,15+,16+,17?,19-,20+,21?,22+/m1/s1. The lowest BCUT2D eigenvalue weighted by atomic mass is 9.46. The van der Waals surface area contributed by atoms with Gasteiger partial charge in [0.2, 0.25) is 0 Å². The van der Waals surface area contributed by atoms with Crippen molar-refractivity contribution < 1.29 is 24.5 Å². The molecule has 0 aromatic carbocycles. The van der Waals surface area contributed by atoms with Crippen LogP contribution in [0.25, 0.3) is 0 Å². The Balaban J connectivity index is 1.69. The lowest BCUT2D eigenvalue weighted by Crippen LogP contribution is -2.56. The topological polar surface area (TPSA) is 83.8 Å². The third-order valence-electron chi connectivity index (χ3n) is 7.43. The van der Waals surface area contributed by atoms with E-state index in [-0.39, 0.29) is 23.9 Å². The molecule has 0 aliphatic heterocycles. The highest BCUT2D eigenvalue weighted by atomic mass is 16.5. The Morgan fingerprint density at radius 2 is 2.15 bits per heavy atom. The average molecular weight is 376 g/mol. The van der Waals surface area contributed by atoms with Crippen molar-refractivity contribution in [2.45, 2.75) is 58.7 Å². The summed E-state index contributed by atoms with van der Waals surface area (Å²) in [6.07, 6.45) is 4.74. The lowest BCUT2D eigenvalue weighted by Gasteiger charge is -2.56. The number of ether oxygens (including phenoxy) is 1. The van der Waals surface area contributed by atoms with Gasteiger partial charge in [-0.1, -0.05) is 39.0 Å². The first kappa shape index (κ1) is 20.3. The normalized spacial score (nSPS) is 40.8. The molecule has 0 aromatic rings. The van der Waals surface area contributed by atoms with Crippen molar-refractivity contribution in [3.63, 3.8) is 0 Å². The number of carbonyl (C=O) groups is 2. The van der Waals surface area contributed by atoms with Crippen molar-refractivity contribution >= 4 is 11.8 Å². The molecular formula is C22H32O5. The van der Waals surface area contributed by atoms with Crippen LogP contribution in [0.4, 0.5) is 0 Å². The highest BCUT2D eigenvalue weighted by Crippen LogP contribution is 2.72. The first-order valence-electron chi connectivity index (χ1n) is 9.94. The summed E-state index contributed by atoms with van der Waals surface area (Å²) in [5.41, 5.74) is -0.976. The molecule has 2 N–H and O–H groups in total. The molecule has 3 rings (SSSR count). The van der Waals surface area contributed by atoms with Crippen molar-refractivity contribution in [2.75, 3.05) is 6.61 Å². The number of aliphatic hydroxyl groups is 2. The molecule has 150 valence electrons. The number of rotatable bonds is 6. The second-order valence-electron chi connectivity index (χ2n) is 9.30. The van der Waals surface area contributed by atoms with Crippen LogP contribution in [-0.4, -0.2) is 40.3 Å². The summed E-state index contributed by atoms with van der Waals surface area (Å²) >= 11 is 0. The van der Waals surface area contributed by atoms with Crippen LogP contribution in [0.3, 0.4) is 0 Å². The van der Waals surface area contributed by atoms with Crippen molar-refractivity contribution in [3.8, 4) is 0 Å². The first-order chi connectivity index (χ1) is 12.5. The van der Waals surface area contributed by atoms with E-state index >= 15 is 0 Å². The van der Waals surface area contributed by atoms with Gasteiger partial charge in [0.1, 0.15) is 18.0 Å². The Morgan fingerprint density at radius 3 is 2.78 bits per heavy atom. The van der Waals surface area contributed by atoms with Gasteiger partial charge in [-0.15, -0.1) is 0 Å². The predicted molar refractivity (Wildman–Crippen MR) is 102 cm³/mol. The number of fused-ring (bicyclic) bond motifs is 4. The van der Waals surface area contributed by atoms with Crippen LogP contribution in [0.5, 0.6) is 0 Å². The first-order valence-corrected chi connectivity index (χ1v) is 9.94. The minimum absolute atomic E-state index is 0.0117. The number of hydrogen-bond acceptors (Lipinski definition) is 5. The Bertz CT molecular complexity index is 678. The van der Waals surface area contributed by atoms with Gasteiger partial charge in [-0.25, -0.2) is 0 Å². The summed E-state index contributed by atoms with van der Waals surface area (Å²) in [6, 6.07) is 0. The van der Waals surface area contributed by atoms with Gasteiger partial charge >= 0.3 is 5.97 Å². The van der Waals surface area contributed by atoms with Gasteiger partial charge in [0.25, 0.3) is 0 Å². The van der Waals surface area contributed by atoms with Gasteiger partial charge in [0, 0.05) is 18.8 Å². The number of aliphatic hydroxyl groups excluding tert-OH is 1. The maximum Gasteiger partial charge on any atom is 0.302 e. The van der Waals surface area contributed by atoms with E-state index in [1.165, 1.54) is 32.4 Å². The molecule has 27 heavy (non-hydrogen) atoms. The van der Waals surface area contributed by atoms with E-state index in [1.54, 1.807) is 0 Å². The second-order valence-corrected chi connectivity index (χ2v) is 9.30. The second kappa shape index (κ2) is 6.85. The van der Waals surface area contributed by atoms with Crippen molar-refractivity contribution in [2.24, 2.45) is 35.0 Å². The fraction of sp³-hybridized carbons (Fsp3) is 0.727. The molecule has 2 unspecified atom stereocenters. The SMILES string of the molecule is C=C(C(O)/C=C/C(C)(O)COC(C)=O)[C@@H]1CC(=O)[C@@]2(C)[C@@H]1[C@@H]1[C@H](C)CC[C@@H]12. The van der Waals surface area contributed by atoms with Gasteiger partial charge in [-0.05, 0) is 48.5 Å². The molecule has 0 bridgehead atoms. The Hall–Kier alpha value is -1.46. The quantitative estimate of drug-likeness (QED) is 0.550. The molecule has 0 amide bonds. The summed E-state index contributed by atoms with van der Waals surface area (Å²) in [5, 5.41) is 20.9. The largest absolute Gasteiger partial charge is 0.462 e. The molecule has 3 saturated carbocycles. The van der Waals surface area contributed by atoms with E-state index in [9.17, 15) is 19.8 Å². The molecule has 8 atom stereocenters. The van der Waals surface area contributed by atoms with Gasteiger partial charge in [-0.3, -0.25) is 9.59 Å². The molecular weight excluding hydrogens is 344 g/mol. The lowest BCUT2D eigenvalue weighted by molar-refractivity contribution is -0.149. The van der Waals surface area contributed by atoms with E-state index < -0.39 is 17.7 Å². The summed E-state index contributed by atoms with van der Waals surface area (Å²) in [7, 11) is 0. The molecule has 0 radical (unpaired) electrons.